The first kappa shape index (κ1) is 18.5. The number of ether oxygens (including phenoxy) is 1. The van der Waals surface area contributed by atoms with E-state index in [-0.39, 0.29) is 30.9 Å². The average Bonchev–Trinajstić information content (AvgIpc) is 2.99. The van der Waals surface area contributed by atoms with E-state index in [0.29, 0.717) is 10.6 Å². The highest BCUT2D eigenvalue weighted by molar-refractivity contribution is 9.10. The summed E-state index contributed by atoms with van der Waals surface area (Å²) < 4.78 is 10.3. The topological polar surface area (TPSA) is 97.6 Å². The zero-order valence-electron chi connectivity index (χ0n) is 13.5. The van der Waals surface area contributed by atoms with Crippen LogP contribution in [0.5, 0.6) is 0 Å². The molecule has 2 rings (SSSR count). The van der Waals surface area contributed by atoms with Crippen LogP contribution in [-0.4, -0.2) is 37.0 Å². The maximum Gasteiger partial charge on any atom is 0.325 e. The van der Waals surface area contributed by atoms with Gasteiger partial charge < -0.3 is 19.8 Å². The van der Waals surface area contributed by atoms with E-state index in [1.807, 2.05) is 0 Å². The van der Waals surface area contributed by atoms with E-state index in [0.717, 1.165) is 19.3 Å². The van der Waals surface area contributed by atoms with Gasteiger partial charge in [-0.1, -0.05) is 19.8 Å². The summed E-state index contributed by atoms with van der Waals surface area (Å²) in [5, 5.41) is 5.26. The molecule has 0 radical (unpaired) electrons. The number of carbonyl (C=O) groups excluding carboxylic acids is 3. The molecule has 0 saturated heterocycles. The van der Waals surface area contributed by atoms with E-state index in [4.69, 9.17) is 9.15 Å². The summed E-state index contributed by atoms with van der Waals surface area (Å²) in [6, 6.07) is 3.19. The molecule has 7 nitrogen and oxygen atoms in total. The zero-order chi connectivity index (χ0) is 17.5. The smallest absolute Gasteiger partial charge is 0.325 e. The highest BCUT2D eigenvalue weighted by Gasteiger charge is 2.23. The Kier molecular flexibility index (Phi) is 6.84. The van der Waals surface area contributed by atoms with Crippen molar-refractivity contribution >= 4 is 33.7 Å². The molecule has 0 aromatic carbocycles. The molecule has 1 aliphatic rings. The van der Waals surface area contributed by atoms with Gasteiger partial charge in [-0.05, 0) is 46.8 Å². The number of esters is 1. The molecule has 132 valence electrons. The molecule has 1 aromatic rings. The fourth-order valence-electron chi connectivity index (χ4n) is 2.65. The van der Waals surface area contributed by atoms with Gasteiger partial charge in [0.15, 0.2) is 17.0 Å². The van der Waals surface area contributed by atoms with Gasteiger partial charge in [0.05, 0.1) is 0 Å². The van der Waals surface area contributed by atoms with E-state index in [1.54, 1.807) is 6.07 Å². The number of rotatable bonds is 6. The fraction of sp³-hybridized carbons (Fsp3) is 0.562. The van der Waals surface area contributed by atoms with Crippen LogP contribution in [0.25, 0.3) is 0 Å². The molecule has 2 amide bonds. The molecule has 0 aliphatic heterocycles. The third-order valence-electron chi connectivity index (χ3n) is 4.01. The lowest BCUT2D eigenvalue weighted by Gasteiger charge is -2.29. The van der Waals surface area contributed by atoms with Gasteiger partial charge in [-0.25, -0.2) is 0 Å². The van der Waals surface area contributed by atoms with E-state index in [1.165, 1.54) is 12.5 Å². The van der Waals surface area contributed by atoms with Crippen molar-refractivity contribution in [3.05, 3.63) is 22.6 Å². The second kappa shape index (κ2) is 8.86. The Labute approximate surface area is 148 Å². The third-order valence-corrected chi connectivity index (χ3v) is 4.44. The Morgan fingerprint density at radius 2 is 2.04 bits per heavy atom. The molecule has 2 atom stereocenters. The zero-order valence-corrected chi connectivity index (χ0v) is 15.1. The molecular formula is C16H21BrN2O5. The van der Waals surface area contributed by atoms with Gasteiger partial charge in [-0.2, -0.15) is 0 Å². The maximum atomic E-state index is 11.8. The van der Waals surface area contributed by atoms with E-state index in [2.05, 4.69) is 33.5 Å². The van der Waals surface area contributed by atoms with Crippen molar-refractivity contribution in [1.29, 1.82) is 0 Å². The van der Waals surface area contributed by atoms with Gasteiger partial charge in [0, 0.05) is 6.04 Å². The lowest BCUT2D eigenvalue weighted by molar-refractivity contribution is -0.147. The molecule has 0 unspecified atom stereocenters. The predicted molar refractivity (Wildman–Crippen MR) is 89.3 cm³/mol. The number of amides is 2. The summed E-state index contributed by atoms with van der Waals surface area (Å²) in [5.41, 5.74) is 0. The van der Waals surface area contributed by atoms with Gasteiger partial charge in [0.1, 0.15) is 6.54 Å². The van der Waals surface area contributed by atoms with Gasteiger partial charge in [0.25, 0.3) is 11.8 Å². The van der Waals surface area contributed by atoms with Crippen molar-refractivity contribution in [2.24, 2.45) is 5.92 Å². The Morgan fingerprint density at radius 3 is 2.71 bits per heavy atom. The molecule has 1 saturated carbocycles. The highest BCUT2D eigenvalue weighted by atomic mass is 79.9. The molecule has 8 heteroatoms. The molecule has 0 spiro atoms. The van der Waals surface area contributed by atoms with Crippen molar-refractivity contribution < 1.29 is 23.5 Å². The number of halogens is 1. The van der Waals surface area contributed by atoms with Crippen LogP contribution >= 0.6 is 15.9 Å². The molecule has 24 heavy (non-hydrogen) atoms. The van der Waals surface area contributed by atoms with Gasteiger partial charge >= 0.3 is 5.97 Å². The van der Waals surface area contributed by atoms with Gasteiger partial charge in [-0.15, -0.1) is 0 Å². The molecule has 0 bridgehead atoms. The standard InChI is InChI=1S/C16H21BrN2O5/c1-10-4-2-3-5-11(10)19-14(20)9-23-15(21)8-18-16(22)12-6-7-13(17)24-12/h6-7,10-11H,2-5,8-9H2,1H3,(H,18,22)(H,19,20)/t10-,11-/m0/s1. The van der Waals surface area contributed by atoms with Crippen LogP contribution in [0.2, 0.25) is 0 Å². The SMILES string of the molecule is C[C@H]1CCCC[C@@H]1NC(=O)COC(=O)CNC(=O)c1ccc(Br)o1. The lowest BCUT2D eigenvalue weighted by Crippen LogP contribution is -2.43. The van der Waals surface area contributed by atoms with Crippen molar-refractivity contribution in [3.8, 4) is 0 Å². The second-order valence-corrected chi connectivity index (χ2v) is 6.66. The molecule has 1 fully saturated rings. The molecule has 2 N–H and O–H groups in total. The highest BCUT2D eigenvalue weighted by Crippen LogP contribution is 2.23. The van der Waals surface area contributed by atoms with Crippen LogP contribution in [0.1, 0.15) is 43.2 Å². The number of carbonyl (C=O) groups is 3. The minimum atomic E-state index is -0.680. The first-order chi connectivity index (χ1) is 11.5. The first-order valence-electron chi connectivity index (χ1n) is 7.94. The van der Waals surface area contributed by atoms with Crippen LogP contribution in [0.4, 0.5) is 0 Å². The number of furan rings is 1. The number of nitrogens with one attached hydrogen (secondary N) is 2. The van der Waals surface area contributed by atoms with Gasteiger partial charge in [-0.3, -0.25) is 14.4 Å². The lowest BCUT2D eigenvalue weighted by atomic mass is 9.86. The fourth-order valence-corrected chi connectivity index (χ4v) is 2.96. The summed E-state index contributed by atoms with van der Waals surface area (Å²) in [7, 11) is 0. The van der Waals surface area contributed by atoms with Crippen LogP contribution in [-0.2, 0) is 14.3 Å². The summed E-state index contributed by atoms with van der Waals surface area (Å²) >= 11 is 3.08. The van der Waals surface area contributed by atoms with Gasteiger partial charge in [0.2, 0.25) is 0 Å². The summed E-state index contributed by atoms with van der Waals surface area (Å²) in [5.74, 6) is -1.01. The van der Waals surface area contributed by atoms with Crippen LogP contribution < -0.4 is 10.6 Å². The quantitative estimate of drug-likeness (QED) is 0.711. The molecule has 1 heterocycles. The van der Waals surface area contributed by atoms with Crippen LogP contribution in [0.15, 0.2) is 21.2 Å². The van der Waals surface area contributed by atoms with E-state index >= 15 is 0 Å². The monoisotopic (exact) mass is 400 g/mol. The number of hydrogen-bond acceptors (Lipinski definition) is 5. The first-order valence-corrected chi connectivity index (χ1v) is 8.73. The minimum absolute atomic E-state index is 0.0821. The Bertz CT molecular complexity index is 601. The third kappa shape index (κ3) is 5.67. The molecule has 1 aliphatic carbocycles. The molecule has 1 aromatic heterocycles. The summed E-state index contributed by atoms with van der Waals surface area (Å²) in [4.78, 5) is 35.1. The Morgan fingerprint density at radius 1 is 1.29 bits per heavy atom. The predicted octanol–water partition coefficient (Wildman–Crippen LogP) is 2.01. The Hall–Kier alpha value is -1.83. The second-order valence-electron chi connectivity index (χ2n) is 5.88. The largest absolute Gasteiger partial charge is 0.454 e. The summed E-state index contributed by atoms with van der Waals surface area (Å²) in [6.45, 7) is 1.44. The van der Waals surface area contributed by atoms with Crippen molar-refractivity contribution in [2.75, 3.05) is 13.2 Å². The summed E-state index contributed by atoms with van der Waals surface area (Å²) in [6.07, 6.45) is 4.34. The van der Waals surface area contributed by atoms with Crippen LogP contribution in [0.3, 0.4) is 0 Å². The van der Waals surface area contributed by atoms with E-state index < -0.39 is 11.9 Å². The van der Waals surface area contributed by atoms with Crippen LogP contribution in [0, 0.1) is 5.92 Å². The van der Waals surface area contributed by atoms with Crippen molar-refractivity contribution in [1.82, 2.24) is 10.6 Å². The van der Waals surface area contributed by atoms with Crippen molar-refractivity contribution in [2.45, 2.75) is 38.6 Å². The normalized spacial score (nSPS) is 20.2. The van der Waals surface area contributed by atoms with E-state index in [9.17, 15) is 14.4 Å². The maximum absolute atomic E-state index is 11.8. The van der Waals surface area contributed by atoms with Crippen molar-refractivity contribution in [3.63, 3.8) is 0 Å². The molecular weight excluding hydrogens is 380 g/mol. The minimum Gasteiger partial charge on any atom is -0.454 e. The number of hydrogen-bond donors (Lipinski definition) is 2. The Balaban J connectivity index is 1.65. The average molecular weight is 401 g/mol.